The van der Waals surface area contributed by atoms with E-state index in [0.717, 1.165) is 22.8 Å². The Kier molecular flexibility index (Phi) is 5.87. The largest absolute Gasteiger partial charge is 0.466 e. The summed E-state index contributed by atoms with van der Waals surface area (Å²) in [6.45, 7) is 0.0509. The molecule has 8 nitrogen and oxygen atoms in total. The summed E-state index contributed by atoms with van der Waals surface area (Å²) in [5, 5.41) is 11.4. The number of benzene rings is 2. The zero-order chi connectivity index (χ0) is 20.1. The van der Waals surface area contributed by atoms with Crippen LogP contribution < -0.4 is 10.1 Å². The highest BCUT2D eigenvalue weighted by Crippen LogP contribution is 2.19. The van der Waals surface area contributed by atoms with Crippen molar-refractivity contribution in [2.75, 3.05) is 11.1 Å². The lowest BCUT2D eigenvalue weighted by Crippen LogP contribution is -2.13. The number of anilines is 1. The summed E-state index contributed by atoms with van der Waals surface area (Å²) in [7, 11) is 0. The number of carbonyl (C=O) groups is 1. The third-order valence-electron chi connectivity index (χ3n) is 3.65. The Balaban J connectivity index is 1.28. The van der Waals surface area contributed by atoms with E-state index in [1.165, 1.54) is 6.20 Å². The maximum absolute atomic E-state index is 12.0. The molecule has 0 unspecified atom stereocenters. The molecule has 0 aliphatic carbocycles. The van der Waals surface area contributed by atoms with Gasteiger partial charge in [0.25, 0.3) is 11.1 Å². The molecule has 29 heavy (non-hydrogen) atoms. The maximum Gasteiger partial charge on any atom is 0.277 e. The van der Waals surface area contributed by atoms with Crippen LogP contribution in [-0.4, -0.2) is 31.8 Å². The van der Waals surface area contributed by atoms with E-state index in [-0.39, 0.29) is 29.4 Å². The molecule has 0 aliphatic rings. The molecule has 0 spiro atoms. The van der Waals surface area contributed by atoms with Crippen LogP contribution >= 0.6 is 23.4 Å². The minimum Gasteiger partial charge on any atom is -0.466 e. The average Bonchev–Trinajstić information content (AvgIpc) is 3.18. The fourth-order valence-electron chi connectivity index (χ4n) is 2.39. The van der Waals surface area contributed by atoms with Gasteiger partial charge in [0.15, 0.2) is 6.61 Å². The SMILES string of the molecule is O=C(CSc1nnc(COc2cnc3ccccc3n2)o1)Nc1cccc(Cl)c1. The van der Waals surface area contributed by atoms with Gasteiger partial charge in [-0.05, 0) is 30.3 Å². The Labute approximate surface area is 174 Å². The Bertz CT molecular complexity index is 1150. The number of hydrogen-bond donors (Lipinski definition) is 1. The summed E-state index contributed by atoms with van der Waals surface area (Å²) in [4.78, 5) is 20.7. The van der Waals surface area contributed by atoms with Gasteiger partial charge < -0.3 is 14.5 Å². The standard InChI is InChI=1S/C19H14ClN5O3S/c20-12-4-3-5-13(8-12)22-16(26)11-29-19-25-24-18(28-19)10-27-17-9-21-14-6-1-2-7-15(14)23-17/h1-9H,10-11H2,(H,22,26). The first kappa shape index (κ1) is 19.2. The normalized spacial score (nSPS) is 10.8. The highest BCUT2D eigenvalue weighted by atomic mass is 35.5. The number of carbonyl (C=O) groups excluding carboxylic acids is 1. The molecular weight excluding hydrogens is 414 g/mol. The van der Waals surface area contributed by atoms with Crippen LogP contribution in [0.5, 0.6) is 5.88 Å². The molecule has 0 atom stereocenters. The van der Waals surface area contributed by atoms with Crippen molar-refractivity contribution < 1.29 is 13.9 Å². The molecule has 2 aromatic heterocycles. The Morgan fingerprint density at radius 1 is 1.14 bits per heavy atom. The van der Waals surface area contributed by atoms with Crippen molar-refractivity contribution in [1.82, 2.24) is 20.2 Å². The first-order valence-corrected chi connectivity index (χ1v) is 9.87. The number of thioether (sulfide) groups is 1. The molecule has 146 valence electrons. The number of amides is 1. The first-order valence-electron chi connectivity index (χ1n) is 8.51. The third kappa shape index (κ3) is 5.21. The zero-order valence-corrected chi connectivity index (χ0v) is 16.5. The predicted octanol–water partition coefficient (Wildman–Crippen LogP) is 3.98. The van der Waals surface area contributed by atoms with E-state index in [4.69, 9.17) is 20.8 Å². The molecule has 1 N–H and O–H groups in total. The Morgan fingerprint density at radius 3 is 2.86 bits per heavy atom. The fraction of sp³-hybridized carbons (Fsp3) is 0.105. The lowest BCUT2D eigenvalue weighted by molar-refractivity contribution is -0.113. The van der Waals surface area contributed by atoms with Gasteiger partial charge in [0, 0.05) is 10.7 Å². The second kappa shape index (κ2) is 8.89. The van der Waals surface area contributed by atoms with Gasteiger partial charge in [0.2, 0.25) is 11.8 Å². The second-order valence-electron chi connectivity index (χ2n) is 5.79. The molecule has 4 aromatic rings. The number of nitrogens with zero attached hydrogens (tertiary/aromatic N) is 4. The molecule has 2 aromatic carbocycles. The molecule has 0 radical (unpaired) electrons. The number of nitrogens with one attached hydrogen (secondary N) is 1. The number of halogens is 1. The fourth-order valence-corrected chi connectivity index (χ4v) is 3.16. The number of fused-ring (bicyclic) bond motifs is 1. The van der Waals surface area contributed by atoms with Crippen LogP contribution in [0.15, 0.2) is 64.4 Å². The Hall–Kier alpha value is -3.17. The number of ether oxygens (including phenoxy) is 1. The van der Waals surface area contributed by atoms with Gasteiger partial charge in [-0.25, -0.2) is 9.97 Å². The second-order valence-corrected chi connectivity index (χ2v) is 7.16. The van der Waals surface area contributed by atoms with E-state index in [0.29, 0.717) is 16.6 Å². The van der Waals surface area contributed by atoms with Gasteiger partial charge in [0.05, 0.1) is 23.0 Å². The van der Waals surface area contributed by atoms with Crippen LogP contribution in [0.1, 0.15) is 5.89 Å². The molecule has 10 heteroatoms. The number of para-hydroxylation sites is 2. The van der Waals surface area contributed by atoms with Crippen molar-refractivity contribution in [1.29, 1.82) is 0 Å². The highest BCUT2D eigenvalue weighted by Gasteiger charge is 2.11. The summed E-state index contributed by atoms with van der Waals surface area (Å²) < 4.78 is 11.0. The van der Waals surface area contributed by atoms with Crippen LogP contribution in [0.4, 0.5) is 5.69 Å². The first-order chi connectivity index (χ1) is 14.2. The maximum atomic E-state index is 12.0. The molecular formula is C19H14ClN5O3S. The molecule has 1 amide bonds. The van der Waals surface area contributed by atoms with Crippen LogP contribution in [0.25, 0.3) is 11.0 Å². The van der Waals surface area contributed by atoms with Crippen molar-refractivity contribution in [3.05, 3.63) is 65.6 Å². The van der Waals surface area contributed by atoms with Crippen LogP contribution in [-0.2, 0) is 11.4 Å². The van der Waals surface area contributed by atoms with E-state index in [9.17, 15) is 4.79 Å². The lowest BCUT2D eigenvalue weighted by atomic mass is 10.3. The van der Waals surface area contributed by atoms with Crippen LogP contribution in [0.3, 0.4) is 0 Å². The number of hydrogen-bond acceptors (Lipinski definition) is 8. The van der Waals surface area contributed by atoms with Gasteiger partial charge in [-0.1, -0.05) is 41.6 Å². The summed E-state index contributed by atoms with van der Waals surface area (Å²) in [6, 6.07) is 14.4. The highest BCUT2D eigenvalue weighted by molar-refractivity contribution is 7.99. The molecule has 0 saturated carbocycles. The van der Waals surface area contributed by atoms with Crippen molar-refractivity contribution in [3.8, 4) is 5.88 Å². The topological polar surface area (TPSA) is 103 Å². The predicted molar refractivity (Wildman–Crippen MR) is 109 cm³/mol. The summed E-state index contributed by atoms with van der Waals surface area (Å²) >= 11 is 7.02. The lowest BCUT2D eigenvalue weighted by Gasteiger charge is -2.04. The molecule has 0 saturated heterocycles. The van der Waals surface area contributed by atoms with Crippen LogP contribution in [0, 0.1) is 0 Å². The van der Waals surface area contributed by atoms with Crippen molar-refractivity contribution in [2.24, 2.45) is 0 Å². The summed E-state index contributed by atoms with van der Waals surface area (Å²) in [5.74, 6) is 0.542. The van der Waals surface area contributed by atoms with Crippen molar-refractivity contribution in [2.45, 2.75) is 11.8 Å². The number of aromatic nitrogens is 4. The minimum atomic E-state index is -0.209. The van der Waals surface area contributed by atoms with Gasteiger partial charge in [0.1, 0.15) is 0 Å². The van der Waals surface area contributed by atoms with Gasteiger partial charge in [-0.15, -0.1) is 10.2 Å². The van der Waals surface area contributed by atoms with E-state index in [1.54, 1.807) is 24.3 Å². The van der Waals surface area contributed by atoms with Gasteiger partial charge in [-0.3, -0.25) is 4.79 Å². The van der Waals surface area contributed by atoms with E-state index in [2.05, 4.69) is 25.5 Å². The minimum absolute atomic E-state index is 0.0509. The summed E-state index contributed by atoms with van der Waals surface area (Å²) in [6.07, 6.45) is 1.54. The van der Waals surface area contributed by atoms with Gasteiger partial charge >= 0.3 is 0 Å². The van der Waals surface area contributed by atoms with Crippen molar-refractivity contribution >= 4 is 46.0 Å². The molecule has 2 heterocycles. The third-order valence-corrected chi connectivity index (χ3v) is 4.71. The Morgan fingerprint density at radius 2 is 2.00 bits per heavy atom. The average molecular weight is 428 g/mol. The molecule has 0 bridgehead atoms. The van der Waals surface area contributed by atoms with E-state index < -0.39 is 0 Å². The zero-order valence-electron chi connectivity index (χ0n) is 14.9. The molecule has 0 fully saturated rings. The quantitative estimate of drug-likeness (QED) is 0.442. The van der Waals surface area contributed by atoms with Crippen molar-refractivity contribution in [3.63, 3.8) is 0 Å². The van der Waals surface area contributed by atoms with E-state index in [1.807, 2.05) is 24.3 Å². The van der Waals surface area contributed by atoms with E-state index >= 15 is 0 Å². The molecule has 4 rings (SSSR count). The van der Waals surface area contributed by atoms with Crippen LogP contribution in [0.2, 0.25) is 5.02 Å². The summed E-state index contributed by atoms with van der Waals surface area (Å²) in [5.41, 5.74) is 2.14. The van der Waals surface area contributed by atoms with Gasteiger partial charge in [-0.2, -0.15) is 0 Å². The number of rotatable bonds is 7. The monoisotopic (exact) mass is 427 g/mol. The smallest absolute Gasteiger partial charge is 0.277 e. The molecule has 0 aliphatic heterocycles.